The molecule has 4 atom stereocenters. The number of aliphatic hydroxyl groups is 1. The van der Waals surface area contributed by atoms with Gasteiger partial charge in [-0.05, 0) is 56.3 Å². The number of alkyl halides is 6. The van der Waals surface area contributed by atoms with Crippen LogP contribution in [0.2, 0.25) is 0 Å². The highest BCUT2D eigenvalue weighted by molar-refractivity contribution is 5.92. The van der Waals surface area contributed by atoms with Gasteiger partial charge in [0.25, 0.3) is 5.60 Å². The third-order valence-corrected chi connectivity index (χ3v) is 7.63. The maximum Gasteiger partial charge on any atom is 0.426 e. The second kappa shape index (κ2) is 8.02. The molecule has 0 bridgehead atoms. The second-order valence-electron chi connectivity index (χ2n) is 9.29. The topological polar surface area (TPSA) is 49.3 Å². The molecule has 0 aromatic heterocycles. The molecule has 0 aromatic rings. The van der Waals surface area contributed by atoms with Gasteiger partial charge in [-0.3, -0.25) is 4.79 Å². The highest BCUT2D eigenvalue weighted by Gasteiger charge is 2.77. The lowest BCUT2D eigenvalue weighted by Gasteiger charge is -2.59. The van der Waals surface area contributed by atoms with Crippen LogP contribution in [-0.2, 0) is 4.79 Å². The van der Waals surface area contributed by atoms with Crippen molar-refractivity contribution >= 4 is 5.91 Å². The van der Waals surface area contributed by atoms with Crippen LogP contribution in [0.4, 0.5) is 26.3 Å². The molecule has 3 saturated carbocycles. The molecule has 2 N–H and O–H groups in total. The summed E-state index contributed by atoms with van der Waals surface area (Å²) in [7, 11) is 0. The molecule has 1 amide bonds. The SMILES string of the molecule is C=C(C)C(=O)NC1C2CCCCC2C(C(O)(C(F)(F)F)C(F)(F)F)C2CCCCC21. The number of halogens is 6. The fourth-order valence-corrected chi connectivity index (χ4v) is 6.44. The van der Waals surface area contributed by atoms with Crippen LogP contribution in [0.1, 0.15) is 58.3 Å². The van der Waals surface area contributed by atoms with Crippen LogP contribution >= 0.6 is 0 Å². The molecule has 0 saturated heterocycles. The molecule has 3 rings (SSSR count). The molecule has 0 heterocycles. The highest BCUT2D eigenvalue weighted by atomic mass is 19.4. The van der Waals surface area contributed by atoms with Crippen molar-refractivity contribution in [3.63, 3.8) is 0 Å². The average Bonchev–Trinajstić information content (AvgIpc) is 2.65. The molecule has 3 aliphatic rings. The van der Waals surface area contributed by atoms with Gasteiger partial charge in [0, 0.05) is 17.5 Å². The van der Waals surface area contributed by atoms with E-state index in [2.05, 4.69) is 11.9 Å². The zero-order valence-electron chi connectivity index (χ0n) is 17.0. The minimum atomic E-state index is -5.83. The first kappa shape index (κ1) is 23.4. The van der Waals surface area contributed by atoms with Crippen LogP contribution in [0.25, 0.3) is 0 Å². The number of amides is 1. The van der Waals surface area contributed by atoms with Gasteiger partial charge in [0.05, 0.1) is 0 Å². The van der Waals surface area contributed by atoms with Gasteiger partial charge < -0.3 is 10.4 Å². The van der Waals surface area contributed by atoms with E-state index in [4.69, 9.17) is 0 Å². The molecule has 3 nitrogen and oxygen atoms in total. The van der Waals surface area contributed by atoms with Gasteiger partial charge in [-0.2, -0.15) is 26.3 Å². The van der Waals surface area contributed by atoms with Gasteiger partial charge in [-0.25, -0.2) is 0 Å². The number of nitrogens with one attached hydrogen (secondary N) is 1. The molecule has 0 spiro atoms. The molecule has 0 aliphatic heterocycles. The van der Waals surface area contributed by atoms with Crippen LogP contribution in [0.15, 0.2) is 12.2 Å². The first-order valence-electron chi connectivity index (χ1n) is 10.6. The Morgan fingerprint density at radius 1 is 0.833 bits per heavy atom. The van der Waals surface area contributed by atoms with E-state index in [1.165, 1.54) is 6.92 Å². The molecule has 30 heavy (non-hydrogen) atoms. The highest BCUT2D eigenvalue weighted by Crippen LogP contribution is 2.62. The number of carbonyl (C=O) groups excluding carboxylic acids is 1. The van der Waals surface area contributed by atoms with E-state index in [0.717, 1.165) is 0 Å². The van der Waals surface area contributed by atoms with Crippen molar-refractivity contribution in [1.29, 1.82) is 0 Å². The summed E-state index contributed by atoms with van der Waals surface area (Å²) in [5, 5.41) is 13.3. The van der Waals surface area contributed by atoms with E-state index in [9.17, 15) is 36.2 Å². The van der Waals surface area contributed by atoms with Crippen molar-refractivity contribution in [2.75, 3.05) is 0 Å². The van der Waals surface area contributed by atoms with Crippen molar-refractivity contribution < 1.29 is 36.2 Å². The first-order valence-corrected chi connectivity index (χ1v) is 10.6. The number of fused-ring (bicyclic) bond motifs is 2. The molecule has 172 valence electrons. The molecule has 3 aliphatic carbocycles. The summed E-state index contributed by atoms with van der Waals surface area (Å²) < 4.78 is 83.2. The predicted octanol–water partition coefficient (Wildman–Crippen LogP) is 5.15. The molecule has 0 aromatic carbocycles. The van der Waals surface area contributed by atoms with Gasteiger partial charge >= 0.3 is 12.4 Å². The summed E-state index contributed by atoms with van der Waals surface area (Å²) in [4.78, 5) is 12.3. The van der Waals surface area contributed by atoms with Gasteiger partial charge in [0.15, 0.2) is 0 Å². The first-order chi connectivity index (χ1) is 13.8. The molecule has 3 fully saturated rings. The van der Waals surface area contributed by atoms with E-state index in [-0.39, 0.29) is 18.4 Å². The van der Waals surface area contributed by atoms with Gasteiger partial charge in [0.2, 0.25) is 5.91 Å². The molecule has 4 unspecified atom stereocenters. The largest absolute Gasteiger partial charge is 0.426 e. The molecule has 9 heteroatoms. The fourth-order valence-electron chi connectivity index (χ4n) is 6.44. The van der Waals surface area contributed by atoms with Crippen molar-refractivity contribution in [2.24, 2.45) is 29.6 Å². The minimum Gasteiger partial charge on any atom is -0.373 e. The number of rotatable bonds is 3. The van der Waals surface area contributed by atoms with Crippen LogP contribution in [0.3, 0.4) is 0 Å². The van der Waals surface area contributed by atoms with Crippen LogP contribution in [-0.4, -0.2) is 35.0 Å². The monoisotopic (exact) mass is 441 g/mol. The summed E-state index contributed by atoms with van der Waals surface area (Å²) in [6.45, 7) is 5.12. The summed E-state index contributed by atoms with van der Waals surface area (Å²) in [5.41, 5.74) is -4.50. The van der Waals surface area contributed by atoms with E-state index in [1.54, 1.807) is 0 Å². The van der Waals surface area contributed by atoms with Crippen molar-refractivity contribution in [1.82, 2.24) is 5.32 Å². The number of carbonyl (C=O) groups is 1. The summed E-state index contributed by atoms with van der Waals surface area (Å²) in [5.74, 6) is -5.34. The number of hydrogen-bond acceptors (Lipinski definition) is 2. The molecule has 0 radical (unpaired) electrons. The smallest absolute Gasteiger partial charge is 0.373 e. The third kappa shape index (κ3) is 3.75. The Hall–Kier alpha value is -1.25. The Morgan fingerprint density at radius 2 is 1.20 bits per heavy atom. The van der Waals surface area contributed by atoms with E-state index < -0.39 is 59.5 Å². The minimum absolute atomic E-state index is 0.187. The van der Waals surface area contributed by atoms with Gasteiger partial charge in [-0.15, -0.1) is 0 Å². The van der Waals surface area contributed by atoms with Crippen molar-refractivity contribution in [2.45, 2.75) is 82.3 Å². The molecular formula is C21H29F6NO2. The van der Waals surface area contributed by atoms with Gasteiger partial charge in [-0.1, -0.05) is 32.3 Å². The lowest BCUT2D eigenvalue weighted by atomic mass is 9.49. The standard InChI is InChI=1S/C21H29F6NO2/c1-11(2)18(29)28-17-14-9-5-3-7-12(14)16(13-8-4-6-10-15(13)17)19(30,20(22,23)24)21(25,26)27/h12-17,30H,1,3-10H2,2H3,(H,28,29). The van der Waals surface area contributed by atoms with Crippen molar-refractivity contribution in [3.8, 4) is 0 Å². The third-order valence-electron chi connectivity index (χ3n) is 7.63. The summed E-state index contributed by atoms with van der Waals surface area (Å²) in [6.07, 6.45) is -8.00. The normalized spacial score (nSPS) is 35.2. The summed E-state index contributed by atoms with van der Waals surface area (Å²) >= 11 is 0. The second-order valence-corrected chi connectivity index (χ2v) is 9.29. The lowest BCUT2D eigenvalue weighted by Crippen LogP contribution is -2.70. The zero-order chi connectivity index (χ0) is 22.5. The average molecular weight is 441 g/mol. The Kier molecular flexibility index (Phi) is 6.26. The van der Waals surface area contributed by atoms with E-state index in [0.29, 0.717) is 38.5 Å². The quantitative estimate of drug-likeness (QED) is 0.470. The zero-order valence-corrected chi connectivity index (χ0v) is 17.0. The Morgan fingerprint density at radius 3 is 1.53 bits per heavy atom. The Bertz CT molecular complexity index is 635. The Balaban J connectivity index is 2.11. The van der Waals surface area contributed by atoms with E-state index >= 15 is 0 Å². The van der Waals surface area contributed by atoms with Crippen molar-refractivity contribution in [3.05, 3.63) is 12.2 Å². The summed E-state index contributed by atoms with van der Waals surface area (Å²) in [6, 6.07) is -0.494. The predicted molar refractivity (Wildman–Crippen MR) is 98.2 cm³/mol. The maximum absolute atomic E-state index is 13.9. The number of hydrogen-bond donors (Lipinski definition) is 2. The van der Waals surface area contributed by atoms with Gasteiger partial charge in [0.1, 0.15) is 0 Å². The molecular weight excluding hydrogens is 412 g/mol. The van der Waals surface area contributed by atoms with E-state index in [1.807, 2.05) is 0 Å². The Labute approximate surface area is 172 Å². The fraction of sp³-hybridized carbons (Fsp3) is 0.857. The van der Waals surface area contributed by atoms with Crippen LogP contribution in [0.5, 0.6) is 0 Å². The lowest BCUT2D eigenvalue weighted by molar-refractivity contribution is -0.401. The maximum atomic E-state index is 13.9. The van der Waals surface area contributed by atoms with Crippen LogP contribution in [0, 0.1) is 29.6 Å². The van der Waals surface area contributed by atoms with Crippen LogP contribution < -0.4 is 5.32 Å².